The summed E-state index contributed by atoms with van der Waals surface area (Å²) in [6.07, 6.45) is 0.740. The van der Waals surface area contributed by atoms with Gasteiger partial charge in [0.05, 0.1) is 10.6 Å². The molecule has 0 atom stereocenters. The van der Waals surface area contributed by atoms with E-state index in [0.29, 0.717) is 16.4 Å². The minimum Gasteiger partial charge on any atom is -0.310 e. The Balaban J connectivity index is 3.32. The third kappa shape index (κ3) is 1.63. The first kappa shape index (κ1) is 8.33. The molecule has 0 amide bonds. The zero-order valence-electron chi connectivity index (χ0n) is 6.51. The van der Waals surface area contributed by atoms with Gasteiger partial charge in [0.1, 0.15) is 5.82 Å². The van der Waals surface area contributed by atoms with Crippen LogP contribution in [0.5, 0.6) is 0 Å². The topological polar surface area (TPSA) is 45.8 Å². The zero-order chi connectivity index (χ0) is 8.43. The fourth-order valence-electron chi connectivity index (χ4n) is 0.805. The molecule has 60 valence electrons. The third-order valence-electron chi connectivity index (χ3n) is 1.45. The van der Waals surface area contributed by atoms with Gasteiger partial charge >= 0.3 is 0 Å². The van der Waals surface area contributed by atoms with Crippen LogP contribution >= 0.6 is 12.6 Å². The first-order valence-corrected chi connectivity index (χ1v) is 3.88. The maximum absolute atomic E-state index is 11.0. The molecule has 0 unspecified atom stereocenters. The second-order valence-electron chi connectivity index (χ2n) is 2.30. The van der Waals surface area contributed by atoms with Gasteiger partial charge in [0.25, 0.3) is 5.56 Å². The first-order valence-electron chi connectivity index (χ1n) is 3.44. The fraction of sp³-hybridized carbons (Fsp3) is 0.429. The number of hydrogen-bond donors (Lipinski definition) is 2. The molecule has 1 rings (SSSR count). The van der Waals surface area contributed by atoms with Crippen LogP contribution < -0.4 is 5.56 Å². The van der Waals surface area contributed by atoms with Gasteiger partial charge in [-0.2, -0.15) is 0 Å². The van der Waals surface area contributed by atoms with E-state index in [2.05, 4.69) is 22.6 Å². The van der Waals surface area contributed by atoms with Crippen LogP contribution in [0.25, 0.3) is 0 Å². The van der Waals surface area contributed by atoms with Crippen LogP contribution in [0.15, 0.2) is 9.69 Å². The number of aryl methyl sites for hydroxylation is 2. The van der Waals surface area contributed by atoms with E-state index in [0.717, 1.165) is 6.42 Å². The van der Waals surface area contributed by atoms with Crippen LogP contribution in [0, 0.1) is 6.92 Å². The van der Waals surface area contributed by atoms with Gasteiger partial charge in [0, 0.05) is 6.42 Å². The maximum atomic E-state index is 11.0. The van der Waals surface area contributed by atoms with Crippen molar-refractivity contribution in [1.29, 1.82) is 0 Å². The van der Waals surface area contributed by atoms with Gasteiger partial charge in [0.2, 0.25) is 0 Å². The number of nitrogens with one attached hydrogen (secondary N) is 1. The van der Waals surface area contributed by atoms with Crippen molar-refractivity contribution in [2.45, 2.75) is 25.2 Å². The highest BCUT2D eigenvalue weighted by Crippen LogP contribution is 2.02. The van der Waals surface area contributed by atoms with Crippen molar-refractivity contribution in [3.8, 4) is 0 Å². The largest absolute Gasteiger partial charge is 0.310 e. The summed E-state index contributed by atoms with van der Waals surface area (Å²) in [5.74, 6) is 0.713. The molecule has 0 spiro atoms. The van der Waals surface area contributed by atoms with Crippen molar-refractivity contribution in [2.75, 3.05) is 0 Å². The molecular formula is C7H10N2OS. The van der Waals surface area contributed by atoms with Crippen LogP contribution in [0.2, 0.25) is 0 Å². The van der Waals surface area contributed by atoms with Gasteiger partial charge in [-0.05, 0) is 6.92 Å². The Bertz CT molecular complexity index is 319. The van der Waals surface area contributed by atoms with Crippen molar-refractivity contribution in [1.82, 2.24) is 9.97 Å². The van der Waals surface area contributed by atoms with Gasteiger partial charge in [0.15, 0.2) is 0 Å². The minimum atomic E-state index is -0.155. The van der Waals surface area contributed by atoms with Gasteiger partial charge in [-0.3, -0.25) is 4.79 Å². The molecule has 0 saturated carbocycles. The van der Waals surface area contributed by atoms with Crippen LogP contribution in [0.1, 0.15) is 18.4 Å². The highest BCUT2D eigenvalue weighted by atomic mass is 32.1. The minimum absolute atomic E-state index is 0.155. The Morgan fingerprint density at radius 1 is 1.64 bits per heavy atom. The lowest BCUT2D eigenvalue weighted by Crippen LogP contribution is -2.13. The summed E-state index contributed by atoms with van der Waals surface area (Å²) in [5, 5.41) is 0. The second kappa shape index (κ2) is 3.09. The number of aromatic amines is 1. The molecule has 0 aliphatic heterocycles. The van der Waals surface area contributed by atoms with Crippen molar-refractivity contribution in [3.63, 3.8) is 0 Å². The molecule has 1 N–H and O–H groups in total. The number of thiol groups is 1. The molecule has 1 aromatic heterocycles. The quantitative estimate of drug-likeness (QED) is 0.616. The van der Waals surface area contributed by atoms with E-state index >= 15 is 0 Å². The van der Waals surface area contributed by atoms with Crippen molar-refractivity contribution >= 4 is 12.6 Å². The van der Waals surface area contributed by atoms with E-state index in [4.69, 9.17) is 0 Å². The Kier molecular flexibility index (Phi) is 2.34. The summed E-state index contributed by atoms with van der Waals surface area (Å²) < 4.78 is 0. The van der Waals surface area contributed by atoms with E-state index in [-0.39, 0.29) is 5.56 Å². The van der Waals surface area contributed by atoms with Gasteiger partial charge in [-0.25, -0.2) is 4.98 Å². The van der Waals surface area contributed by atoms with Crippen molar-refractivity contribution in [2.24, 2.45) is 0 Å². The van der Waals surface area contributed by atoms with Crippen LogP contribution in [-0.4, -0.2) is 9.97 Å². The third-order valence-corrected chi connectivity index (χ3v) is 1.98. The van der Waals surface area contributed by atoms with E-state index in [1.165, 1.54) is 0 Å². The fourth-order valence-corrected chi connectivity index (χ4v) is 0.911. The molecule has 0 aromatic carbocycles. The Labute approximate surface area is 70.3 Å². The van der Waals surface area contributed by atoms with E-state index in [1.54, 1.807) is 6.92 Å². The molecule has 4 heteroatoms. The predicted octanol–water partition coefficient (Wildman–Crippen LogP) is 0.929. The molecule has 3 nitrogen and oxygen atoms in total. The first-order chi connectivity index (χ1) is 5.15. The molecule has 0 radical (unpaired) electrons. The zero-order valence-corrected chi connectivity index (χ0v) is 7.40. The van der Waals surface area contributed by atoms with Gasteiger partial charge in [-0.15, -0.1) is 12.6 Å². The van der Waals surface area contributed by atoms with E-state index in [1.807, 2.05) is 6.92 Å². The summed E-state index contributed by atoms with van der Waals surface area (Å²) in [7, 11) is 0. The standard InChI is InChI=1S/C7H10N2OS/c1-3-5-8-4(2)6(11)7(10)9-5/h11H,3H2,1-2H3,(H,8,9,10). The summed E-state index contributed by atoms with van der Waals surface area (Å²) >= 11 is 3.99. The Morgan fingerprint density at radius 2 is 2.27 bits per heavy atom. The van der Waals surface area contributed by atoms with Crippen molar-refractivity contribution in [3.05, 3.63) is 21.9 Å². The highest BCUT2D eigenvalue weighted by Gasteiger charge is 2.01. The molecular weight excluding hydrogens is 160 g/mol. The average molecular weight is 170 g/mol. The monoisotopic (exact) mass is 170 g/mol. The molecule has 1 heterocycles. The molecule has 1 aromatic rings. The SMILES string of the molecule is CCc1nc(C)c(S)c(=O)[nH]1. The molecule has 0 aliphatic rings. The maximum Gasteiger partial charge on any atom is 0.264 e. The van der Waals surface area contributed by atoms with Crippen LogP contribution in [0.3, 0.4) is 0 Å². The smallest absolute Gasteiger partial charge is 0.264 e. The summed E-state index contributed by atoms with van der Waals surface area (Å²) in [6, 6.07) is 0. The Morgan fingerprint density at radius 3 is 2.73 bits per heavy atom. The average Bonchev–Trinajstić information content (AvgIpc) is 1.99. The lowest BCUT2D eigenvalue weighted by Gasteiger charge is -1.99. The van der Waals surface area contributed by atoms with E-state index in [9.17, 15) is 4.79 Å². The molecule has 0 bridgehead atoms. The molecule has 0 aliphatic carbocycles. The highest BCUT2D eigenvalue weighted by molar-refractivity contribution is 7.80. The lowest BCUT2D eigenvalue weighted by atomic mass is 10.4. The van der Waals surface area contributed by atoms with E-state index < -0.39 is 0 Å². The van der Waals surface area contributed by atoms with Crippen LogP contribution in [0.4, 0.5) is 0 Å². The normalized spacial score (nSPS) is 10.1. The number of H-pyrrole nitrogens is 1. The lowest BCUT2D eigenvalue weighted by molar-refractivity contribution is 0.863. The Hall–Kier alpha value is -0.770. The number of aromatic nitrogens is 2. The molecule has 0 fully saturated rings. The second-order valence-corrected chi connectivity index (χ2v) is 2.75. The van der Waals surface area contributed by atoms with Crippen LogP contribution in [-0.2, 0) is 6.42 Å². The number of rotatable bonds is 1. The number of hydrogen-bond acceptors (Lipinski definition) is 3. The summed E-state index contributed by atoms with van der Waals surface area (Å²) in [4.78, 5) is 18.2. The molecule has 11 heavy (non-hydrogen) atoms. The number of nitrogens with zero attached hydrogens (tertiary/aromatic N) is 1. The summed E-state index contributed by atoms with van der Waals surface area (Å²) in [6.45, 7) is 3.71. The van der Waals surface area contributed by atoms with Crippen molar-refractivity contribution < 1.29 is 0 Å². The van der Waals surface area contributed by atoms with Gasteiger partial charge < -0.3 is 4.98 Å². The molecule has 0 saturated heterocycles. The van der Waals surface area contributed by atoms with Gasteiger partial charge in [-0.1, -0.05) is 6.92 Å². The predicted molar refractivity (Wildman–Crippen MR) is 46.2 cm³/mol. The summed E-state index contributed by atoms with van der Waals surface area (Å²) in [5.41, 5.74) is 0.534.